The molecular weight excluding hydrogens is 390 g/mol. The topological polar surface area (TPSA) is 72.9 Å². The highest BCUT2D eigenvalue weighted by Crippen LogP contribution is 2.30. The lowest BCUT2D eigenvalue weighted by Crippen LogP contribution is -2.36. The molecule has 0 fully saturated rings. The van der Waals surface area contributed by atoms with E-state index in [9.17, 15) is 13.2 Å². The number of carbonyl (C=O) groups excluding carboxylic acids is 1. The summed E-state index contributed by atoms with van der Waals surface area (Å²) in [5, 5.41) is 0.556. The van der Waals surface area contributed by atoms with Crippen molar-refractivity contribution in [3.8, 4) is 11.5 Å². The average Bonchev–Trinajstić information content (AvgIpc) is 2.58. The molecule has 0 radical (unpaired) electrons. The molecule has 0 heterocycles. The fourth-order valence-electron chi connectivity index (χ4n) is 2.49. The van der Waals surface area contributed by atoms with Crippen molar-refractivity contribution in [3.05, 3.63) is 58.6 Å². The maximum absolute atomic E-state index is 12.9. The number of benzene rings is 2. The van der Waals surface area contributed by atoms with Crippen LogP contribution in [-0.2, 0) is 16.7 Å². The van der Waals surface area contributed by atoms with E-state index in [0.717, 1.165) is 6.26 Å². The summed E-state index contributed by atoms with van der Waals surface area (Å²) in [5.41, 5.74) is 1.24. The van der Waals surface area contributed by atoms with Crippen molar-refractivity contribution in [1.29, 1.82) is 0 Å². The molecule has 0 spiro atoms. The standard InChI is InChI=1S/C19H22ClNO5S/c1-13(2)21(19(22)15-6-8-16(20)9-7-15)12-14-5-10-17(25-3)18(11-14)26-27(4,23)24/h5-11,13H,12H2,1-4H3. The Morgan fingerprint density at radius 3 is 2.26 bits per heavy atom. The normalized spacial score (nSPS) is 11.3. The molecule has 1 amide bonds. The van der Waals surface area contributed by atoms with Crippen LogP contribution in [0.4, 0.5) is 0 Å². The van der Waals surface area contributed by atoms with Crippen LogP contribution in [0.5, 0.6) is 11.5 Å². The van der Waals surface area contributed by atoms with E-state index in [0.29, 0.717) is 21.9 Å². The van der Waals surface area contributed by atoms with Crippen LogP contribution < -0.4 is 8.92 Å². The van der Waals surface area contributed by atoms with Crippen molar-refractivity contribution in [3.63, 3.8) is 0 Å². The number of amides is 1. The van der Waals surface area contributed by atoms with Gasteiger partial charge in [0, 0.05) is 23.2 Å². The molecule has 0 aliphatic carbocycles. The monoisotopic (exact) mass is 411 g/mol. The van der Waals surface area contributed by atoms with Gasteiger partial charge in [-0.2, -0.15) is 8.42 Å². The summed E-state index contributed by atoms with van der Waals surface area (Å²) in [6.45, 7) is 4.10. The second kappa shape index (κ2) is 8.63. The van der Waals surface area contributed by atoms with Gasteiger partial charge in [0.2, 0.25) is 0 Å². The first kappa shape index (κ1) is 21.1. The second-order valence-corrected chi connectivity index (χ2v) is 8.32. The smallest absolute Gasteiger partial charge is 0.306 e. The van der Waals surface area contributed by atoms with Crippen molar-refractivity contribution < 1.29 is 22.1 Å². The highest BCUT2D eigenvalue weighted by Gasteiger charge is 2.20. The van der Waals surface area contributed by atoms with Crippen molar-refractivity contribution in [1.82, 2.24) is 4.90 Å². The molecule has 146 valence electrons. The van der Waals surface area contributed by atoms with Gasteiger partial charge < -0.3 is 13.8 Å². The highest BCUT2D eigenvalue weighted by molar-refractivity contribution is 7.86. The van der Waals surface area contributed by atoms with Gasteiger partial charge in [-0.1, -0.05) is 17.7 Å². The van der Waals surface area contributed by atoms with Gasteiger partial charge in [0.05, 0.1) is 13.4 Å². The van der Waals surface area contributed by atoms with Crippen molar-refractivity contribution in [2.75, 3.05) is 13.4 Å². The third-order valence-corrected chi connectivity index (χ3v) is 4.53. The maximum atomic E-state index is 12.9. The van der Waals surface area contributed by atoms with Gasteiger partial charge in [-0.05, 0) is 55.8 Å². The van der Waals surface area contributed by atoms with Crippen LogP contribution in [0, 0.1) is 0 Å². The van der Waals surface area contributed by atoms with Crippen LogP contribution in [0.2, 0.25) is 5.02 Å². The van der Waals surface area contributed by atoms with Gasteiger partial charge in [0.25, 0.3) is 5.91 Å². The number of nitrogens with zero attached hydrogens (tertiary/aromatic N) is 1. The van der Waals surface area contributed by atoms with Crippen molar-refractivity contribution >= 4 is 27.6 Å². The molecule has 2 aromatic rings. The molecule has 2 aromatic carbocycles. The van der Waals surface area contributed by atoms with E-state index < -0.39 is 10.1 Å². The Morgan fingerprint density at radius 1 is 1.11 bits per heavy atom. The minimum Gasteiger partial charge on any atom is -0.493 e. The van der Waals surface area contributed by atoms with E-state index in [1.165, 1.54) is 7.11 Å². The largest absolute Gasteiger partial charge is 0.493 e. The lowest BCUT2D eigenvalue weighted by molar-refractivity contribution is 0.0690. The number of carbonyl (C=O) groups is 1. The predicted molar refractivity (Wildman–Crippen MR) is 105 cm³/mol. The van der Waals surface area contributed by atoms with Crippen LogP contribution in [0.15, 0.2) is 42.5 Å². The molecule has 0 aliphatic heterocycles. The van der Waals surface area contributed by atoms with Gasteiger partial charge in [-0.3, -0.25) is 4.79 Å². The van der Waals surface area contributed by atoms with E-state index in [2.05, 4.69) is 0 Å². The number of methoxy groups -OCH3 is 1. The van der Waals surface area contributed by atoms with Crippen LogP contribution in [-0.4, -0.2) is 38.6 Å². The molecule has 27 heavy (non-hydrogen) atoms. The Balaban J connectivity index is 2.31. The minimum absolute atomic E-state index is 0.0745. The first-order valence-corrected chi connectivity index (χ1v) is 10.4. The Bertz CT molecular complexity index is 910. The summed E-state index contributed by atoms with van der Waals surface area (Å²) in [6.07, 6.45) is 0.962. The summed E-state index contributed by atoms with van der Waals surface area (Å²) >= 11 is 5.89. The van der Waals surface area contributed by atoms with E-state index in [1.807, 2.05) is 13.8 Å². The summed E-state index contributed by atoms with van der Waals surface area (Å²) in [7, 11) is -2.28. The quantitative estimate of drug-likeness (QED) is 0.649. The molecule has 0 N–H and O–H groups in total. The molecule has 0 saturated heterocycles. The Labute approximate surface area is 164 Å². The number of hydrogen-bond acceptors (Lipinski definition) is 5. The zero-order valence-electron chi connectivity index (χ0n) is 15.6. The van der Waals surface area contributed by atoms with Gasteiger partial charge in [0.15, 0.2) is 11.5 Å². The average molecular weight is 412 g/mol. The zero-order chi connectivity index (χ0) is 20.2. The summed E-state index contributed by atoms with van der Waals surface area (Å²) < 4.78 is 33.1. The SMILES string of the molecule is COc1ccc(CN(C(=O)c2ccc(Cl)cc2)C(C)C)cc1OS(C)(=O)=O. The van der Waals surface area contributed by atoms with Crippen molar-refractivity contribution in [2.45, 2.75) is 26.4 Å². The Hall–Kier alpha value is -2.25. The molecule has 2 rings (SSSR count). The fourth-order valence-corrected chi connectivity index (χ4v) is 3.07. The molecule has 6 nitrogen and oxygen atoms in total. The second-order valence-electron chi connectivity index (χ2n) is 6.31. The van der Waals surface area contributed by atoms with Crippen molar-refractivity contribution in [2.24, 2.45) is 0 Å². The molecule has 0 saturated carbocycles. The highest BCUT2D eigenvalue weighted by atomic mass is 35.5. The number of ether oxygens (including phenoxy) is 1. The van der Waals surface area contributed by atoms with Crippen LogP contribution in [0.3, 0.4) is 0 Å². The van der Waals surface area contributed by atoms with Crippen LogP contribution in [0.1, 0.15) is 29.8 Å². The summed E-state index contributed by atoms with van der Waals surface area (Å²) in [4.78, 5) is 14.5. The first-order valence-electron chi connectivity index (χ1n) is 8.23. The third kappa shape index (κ3) is 5.87. The lowest BCUT2D eigenvalue weighted by Gasteiger charge is -2.27. The molecule has 0 aromatic heterocycles. The van der Waals surface area contributed by atoms with E-state index in [4.69, 9.17) is 20.5 Å². The maximum Gasteiger partial charge on any atom is 0.306 e. The van der Waals surface area contributed by atoms with Gasteiger partial charge >= 0.3 is 10.1 Å². The minimum atomic E-state index is -3.71. The molecule has 8 heteroatoms. The summed E-state index contributed by atoms with van der Waals surface area (Å²) in [6, 6.07) is 11.5. The van der Waals surface area contributed by atoms with E-state index >= 15 is 0 Å². The fraction of sp³-hybridized carbons (Fsp3) is 0.316. The van der Waals surface area contributed by atoms with E-state index in [-0.39, 0.29) is 24.2 Å². The van der Waals surface area contributed by atoms with Gasteiger partial charge in [0.1, 0.15) is 0 Å². The number of hydrogen-bond donors (Lipinski definition) is 0. The lowest BCUT2D eigenvalue weighted by atomic mass is 10.1. The molecule has 0 atom stereocenters. The molecule has 0 bridgehead atoms. The van der Waals surface area contributed by atoms with Gasteiger partial charge in [-0.15, -0.1) is 0 Å². The predicted octanol–water partition coefficient (Wildman–Crippen LogP) is 3.74. The molecule has 0 aliphatic rings. The first-order chi connectivity index (χ1) is 12.6. The third-order valence-electron chi connectivity index (χ3n) is 3.80. The number of rotatable bonds is 7. The van der Waals surface area contributed by atoms with Gasteiger partial charge in [-0.25, -0.2) is 0 Å². The van der Waals surface area contributed by atoms with Crippen LogP contribution in [0.25, 0.3) is 0 Å². The molecular formula is C19H22ClNO5S. The molecule has 0 unspecified atom stereocenters. The summed E-state index contributed by atoms with van der Waals surface area (Å²) in [5.74, 6) is 0.229. The number of halogens is 1. The Kier molecular flexibility index (Phi) is 6.73. The Morgan fingerprint density at radius 2 is 1.74 bits per heavy atom. The van der Waals surface area contributed by atoms with E-state index in [1.54, 1.807) is 47.4 Å². The zero-order valence-corrected chi connectivity index (χ0v) is 17.2. The van der Waals surface area contributed by atoms with Crippen LogP contribution >= 0.6 is 11.6 Å².